The molecule has 0 spiro atoms. The van der Waals surface area contributed by atoms with E-state index in [-0.39, 0.29) is 15.7 Å². The van der Waals surface area contributed by atoms with Gasteiger partial charge in [-0.3, -0.25) is 14.8 Å². The minimum atomic E-state index is -3.75. The summed E-state index contributed by atoms with van der Waals surface area (Å²) in [6, 6.07) is 9.43. The van der Waals surface area contributed by atoms with E-state index in [1.165, 1.54) is 18.2 Å². The molecule has 0 saturated heterocycles. The molecule has 2 aromatic carbocycles. The quantitative estimate of drug-likeness (QED) is 0.563. The number of thiazole rings is 1. The highest BCUT2D eigenvalue weighted by Crippen LogP contribution is 2.32. The fourth-order valence-corrected chi connectivity index (χ4v) is 4.31. The molecule has 7 nitrogen and oxygen atoms in total. The number of sulfonamides is 1. The van der Waals surface area contributed by atoms with Crippen molar-refractivity contribution in [2.45, 2.75) is 18.7 Å². The van der Waals surface area contributed by atoms with Gasteiger partial charge in [-0.25, -0.2) is 13.4 Å². The van der Waals surface area contributed by atoms with Crippen LogP contribution in [0.2, 0.25) is 0 Å². The lowest BCUT2D eigenvalue weighted by molar-refractivity contribution is -0.385. The van der Waals surface area contributed by atoms with Crippen molar-refractivity contribution >= 4 is 42.4 Å². The molecule has 0 saturated carbocycles. The topological polar surface area (TPSA) is 102 Å². The van der Waals surface area contributed by atoms with Gasteiger partial charge in [0.05, 0.1) is 20.0 Å². The summed E-state index contributed by atoms with van der Waals surface area (Å²) in [7, 11) is -3.75. The standard InChI is InChI=1S/C15H13N3O4S2/c1-9-3-5-11(6-4-9)24(21,22)17-15-16-12-7-10(2)13(18(19)20)8-14(12)23-15/h3-8H,1-2H3,(H,16,17). The summed E-state index contributed by atoms with van der Waals surface area (Å²) >= 11 is 1.06. The monoisotopic (exact) mass is 363 g/mol. The molecule has 124 valence electrons. The maximum Gasteiger partial charge on any atom is 0.273 e. The van der Waals surface area contributed by atoms with E-state index < -0.39 is 14.9 Å². The Labute approximate surface area is 142 Å². The second-order valence-corrected chi connectivity index (χ2v) is 8.01. The molecule has 3 aromatic rings. The van der Waals surface area contributed by atoms with Crippen molar-refractivity contribution in [3.63, 3.8) is 0 Å². The number of hydrogen-bond donors (Lipinski definition) is 1. The second kappa shape index (κ2) is 5.84. The van der Waals surface area contributed by atoms with Crippen LogP contribution in [0.3, 0.4) is 0 Å². The number of nitrogens with one attached hydrogen (secondary N) is 1. The van der Waals surface area contributed by atoms with E-state index >= 15 is 0 Å². The molecule has 0 fully saturated rings. The summed E-state index contributed by atoms with van der Waals surface area (Å²) in [5.41, 5.74) is 1.94. The molecule has 1 aromatic heterocycles. The number of aryl methyl sites for hydroxylation is 2. The number of fused-ring (bicyclic) bond motifs is 1. The van der Waals surface area contributed by atoms with Crippen molar-refractivity contribution in [2.24, 2.45) is 0 Å². The van der Waals surface area contributed by atoms with Gasteiger partial charge in [0.2, 0.25) is 0 Å². The first-order chi connectivity index (χ1) is 11.3. The van der Waals surface area contributed by atoms with E-state index in [1.54, 1.807) is 25.1 Å². The number of nitro benzene ring substituents is 1. The maximum absolute atomic E-state index is 12.4. The lowest BCUT2D eigenvalue weighted by Gasteiger charge is -2.04. The average molecular weight is 363 g/mol. The normalized spacial score (nSPS) is 11.6. The molecule has 3 rings (SSSR count). The zero-order valence-corrected chi connectivity index (χ0v) is 14.4. The van der Waals surface area contributed by atoms with Gasteiger partial charge in [0.15, 0.2) is 5.13 Å². The Balaban J connectivity index is 1.98. The highest BCUT2D eigenvalue weighted by Gasteiger charge is 2.18. The minimum absolute atomic E-state index is 0.0147. The first kappa shape index (κ1) is 16.3. The van der Waals surface area contributed by atoms with Gasteiger partial charge in [-0.2, -0.15) is 0 Å². The number of hydrogen-bond acceptors (Lipinski definition) is 6. The predicted octanol–water partition coefficient (Wildman–Crippen LogP) is 3.62. The van der Waals surface area contributed by atoms with E-state index in [4.69, 9.17) is 0 Å². The highest BCUT2D eigenvalue weighted by molar-refractivity contribution is 7.93. The zero-order valence-electron chi connectivity index (χ0n) is 12.8. The van der Waals surface area contributed by atoms with Crippen LogP contribution >= 0.6 is 11.3 Å². The molecule has 1 N–H and O–H groups in total. The van der Waals surface area contributed by atoms with Gasteiger partial charge in [0.25, 0.3) is 15.7 Å². The molecule has 0 aliphatic rings. The lowest BCUT2D eigenvalue weighted by atomic mass is 10.2. The zero-order chi connectivity index (χ0) is 17.5. The molecule has 0 aliphatic heterocycles. The number of nitrogens with zero attached hydrogens (tertiary/aromatic N) is 2. The van der Waals surface area contributed by atoms with Crippen LogP contribution in [-0.2, 0) is 10.0 Å². The van der Waals surface area contributed by atoms with Gasteiger partial charge in [-0.15, -0.1) is 0 Å². The fraction of sp³-hybridized carbons (Fsp3) is 0.133. The van der Waals surface area contributed by atoms with Crippen molar-refractivity contribution in [2.75, 3.05) is 4.72 Å². The van der Waals surface area contributed by atoms with Crippen LogP contribution in [0.15, 0.2) is 41.3 Å². The number of aromatic nitrogens is 1. The van der Waals surface area contributed by atoms with Crippen molar-refractivity contribution in [1.29, 1.82) is 0 Å². The molecule has 24 heavy (non-hydrogen) atoms. The number of nitro groups is 1. The molecule has 0 unspecified atom stereocenters. The molecule has 0 atom stereocenters. The molecule has 9 heteroatoms. The molecular weight excluding hydrogens is 350 g/mol. The van der Waals surface area contributed by atoms with E-state index in [2.05, 4.69) is 9.71 Å². The Morgan fingerprint density at radius 1 is 1.17 bits per heavy atom. The van der Waals surface area contributed by atoms with E-state index in [0.29, 0.717) is 15.8 Å². The van der Waals surface area contributed by atoms with Gasteiger partial charge in [0, 0.05) is 11.6 Å². The van der Waals surface area contributed by atoms with Crippen LogP contribution in [0.5, 0.6) is 0 Å². The largest absolute Gasteiger partial charge is 0.273 e. The van der Waals surface area contributed by atoms with Crippen LogP contribution in [0.1, 0.15) is 11.1 Å². The third-order valence-corrected chi connectivity index (χ3v) is 5.87. The molecule has 1 heterocycles. The number of benzene rings is 2. The lowest BCUT2D eigenvalue weighted by Crippen LogP contribution is -2.12. The molecule has 0 radical (unpaired) electrons. The van der Waals surface area contributed by atoms with Crippen molar-refractivity contribution in [3.8, 4) is 0 Å². The minimum Gasteiger partial charge on any atom is -0.258 e. The Hall–Kier alpha value is -2.52. The smallest absolute Gasteiger partial charge is 0.258 e. The summed E-state index contributed by atoms with van der Waals surface area (Å²) < 4.78 is 27.7. The van der Waals surface area contributed by atoms with Gasteiger partial charge < -0.3 is 0 Å². The number of anilines is 1. The van der Waals surface area contributed by atoms with E-state index in [9.17, 15) is 18.5 Å². The molecular formula is C15H13N3O4S2. The summed E-state index contributed by atoms with van der Waals surface area (Å²) in [5, 5.41) is 11.2. The van der Waals surface area contributed by atoms with Crippen LogP contribution in [0, 0.1) is 24.0 Å². The molecule has 0 bridgehead atoms. The van der Waals surface area contributed by atoms with Crippen LogP contribution in [-0.4, -0.2) is 18.3 Å². The molecule has 0 amide bonds. The van der Waals surface area contributed by atoms with Gasteiger partial charge >= 0.3 is 0 Å². The Morgan fingerprint density at radius 3 is 2.46 bits per heavy atom. The predicted molar refractivity (Wildman–Crippen MR) is 93.0 cm³/mol. The van der Waals surface area contributed by atoms with Crippen molar-refractivity contribution in [3.05, 3.63) is 57.6 Å². The van der Waals surface area contributed by atoms with Gasteiger partial charge in [0.1, 0.15) is 0 Å². The van der Waals surface area contributed by atoms with Crippen LogP contribution < -0.4 is 4.72 Å². The maximum atomic E-state index is 12.4. The highest BCUT2D eigenvalue weighted by atomic mass is 32.2. The summed E-state index contributed by atoms with van der Waals surface area (Å²) in [6.07, 6.45) is 0. The van der Waals surface area contributed by atoms with Crippen molar-refractivity contribution in [1.82, 2.24) is 4.98 Å². The average Bonchev–Trinajstić information content (AvgIpc) is 2.86. The third-order valence-electron chi connectivity index (χ3n) is 3.46. The van der Waals surface area contributed by atoms with Crippen molar-refractivity contribution < 1.29 is 13.3 Å². The SMILES string of the molecule is Cc1ccc(S(=O)(=O)Nc2nc3cc(C)c([N+](=O)[O-])cc3s2)cc1. The summed E-state index contributed by atoms with van der Waals surface area (Å²) in [4.78, 5) is 14.9. The van der Waals surface area contributed by atoms with E-state index in [1.807, 2.05) is 6.92 Å². The third kappa shape index (κ3) is 3.08. The molecule has 0 aliphatic carbocycles. The first-order valence-corrected chi connectivity index (χ1v) is 9.21. The summed E-state index contributed by atoms with van der Waals surface area (Å²) in [6.45, 7) is 3.49. The summed E-state index contributed by atoms with van der Waals surface area (Å²) in [5.74, 6) is 0. The van der Waals surface area contributed by atoms with Gasteiger partial charge in [-0.1, -0.05) is 29.0 Å². The van der Waals surface area contributed by atoms with Crippen LogP contribution in [0.4, 0.5) is 10.8 Å². The Bertz CT molecular complexity index is 1040. The van der Waals surface area contributed by atoms with E-state index in [0.717, 1.165) is 16.9 Å². The number of rotatable bonds is 4. The van der Waals surface area contributed by atoms with Crippen LogP contribution in [0.25, 0.3) is 10.2 Å². The first-order valence-electron chi connectivity index (χ1n) is 6.91. The Morgan fingerprint density at radius 2 is 1.83 bits per heavy atom. The second-order valence-electron chi connectivity index (χ2n) is 5.30. The fourth-order valence-electron chi connectivity index (χ4n) is 2.20. The Kier molecular flexibility index (Phi) is 3.98. The van der Waals surface area contributed by atoms with Gasteiger partial charge in [-0.05, 0) is 32.0 Å².